The summed E-state index contributed by atoms with van der Waals surface area (Å²) in [6.07, 6.45) is 8.83. The Bertz CT molecular complexity index is 476. The van der Waals surface area contributed by atoms with Gasteiger partial charge in [-0.25, -0.2) is 0 Å². The molecule has 0 saturated heterocycles. The van der Waals surface area contributed by atoms with Gasteiger partial charge in [-0.05, 0) is 25.0 Å². The van der Waals surface area contributed by atoms with E-state index >= 15 is 0 Å². The predicted molar refractivity (Wildman–Crippen MR) is 89.1 cm³/mol. The Balaban J connectivity index is 2.50. The van der Waals surface area contributed by atoms with Crippen molar-refractivity contribution in [1.29, 1.82) is 0 Å². The highest BCUT2D eigenvalue weighted by Gasteiger charge is 2.14. The van der Waals surface area contributed by atoms with E-state index in [1.165, 1.54) is 38.2 Å². The molecule has 0 bridgehead atoms. The number of phenolic OH excluding ortho intramolecular Hbond substituents is 1. The number of hydrogen-bond acceptors (Lipinski definition) is 3. The van der Waals surface area contributed by atoms with E-state index in [1.807, 2.05) is 0 Å². The first-order valence-corrected chi connectivity index (χ1v) is 8.25. The molecular formula is C16H23Cl2NO2. The van der Waals surface area contributed by atoms with Crippen molar-refractivity contribution in [1.82, 2.24) is 0 Å². The van der Waals surface area contributed by atoms with Gasteiger partial charge in [0.1, 0.15) is 5.75 Å². The summed E-state index contributed by atoms with van der Waals surface area (Å²) in [5, 5.41) is 23.0. The van der Waals surface area contributed by atoms with Crippen LogP contribution in [0.15, 0.2) is 17.3 Å². The average Bonchev–Trinajstić information content (AvgIpc) is 2.46. The number of phenols is 1. The van der Waals surface area contributed by atoms with Gasteiger partial charge in [-0.15, -0.1) is 0 Å². The van der Waals surface area contributed by atoms with E-state index < -0.39 is 0 Å². The van der Waals surface area contributed by atoms with Crippen LogP contribution in [0.1, 0.15) is 63.9 Å². The zero-order valence-electron chi connectivity index (χ0n) is 12.4. The highest BCUT2D eigenvalue weighted by atomic mass is 35.5. The fourth-order valence-electron chi connectivity index (χ4n) is 2.27. The van der Waals surface area contributed by atoms with Gasteiger partial charge in [0.25, 0.3) is 0 Å². The smallest absolute Gasteiger partial charge is 0.143 e. The Kier molecular flexibility index (Phi) is 8.55. The van der Waals surface area contributed by atoms with E-state index in [9.17, 15) is 5.11 Å². The lowest BCUT2D eigenvalue weighted by atomic mass is 10.0. The topological polar surface area (TPSA) is 52.8 Å². The van der Waals surface area contributed by atoms with Crippen molar-refractivity contribution in [2.75, 3.05) is 0 Å². The molecule has 0 spiro atoms. The second-order valence-electron chi connectivity index (χ2n) is 5.20. The minimum Gasteiger partial charge on any atom is -0.506 e. The molecular weight excluding hydrogens is 309 g/mol. The molecule has 0 amide bonds. The number of oxime groups is 1. The third kappa shape index (κ3) is 6.15. The molecule has 0 aliphatic heterocycles. The van der Waals surface area contributed by atoms with Gasteiger partial charge in [0, 0.05) is 10.6 Å². The molecule has 0 unspecified atom stereocenters. The van der Waals surface area contributed by atoms with Gasteiger partial charge in [0.2, 0.25) is 0 Å². The molecule has 0 heterocycles. The lowest BCUT2D eigenvalue weighted by molar-refractivity contribution is 0.317. The summed E-state index contributed by atoms with van der Waals surface area (Å²) in [5.74, 6) is -0.0863. The Morgan fingerprint density at radius 2 is 1.67 bits per heavy atom. The molecule has 0 atom stereocenters. The average molecular weight is 332 g/mol. The zero-order valence-corrected chi connectivity index (χ0v) is 13.9. The second kappa shape index (κ2) is 9.91. The van der Waals surface area contributed by atoms with Crippen LogP contribution in [0.2, 0.25) is 10.0 Å². The summed E-state index contributed by atoms with van der Waals surface area (Å²) in [7, 11) is 0. The monoisotopic (exact) mass is 331 g/mol. The number of unbranched alkanes of at least 4 members (excludes halogenated alkanes) is 6. The lowest BCUT2D eigenvalue weighted by Crippen LogP contribution is -2.02. The first kappa shape index (κ1) is 18.1. The molecule has 0 aliphatic carbocycles. The van der Waals surface area contributed by atoms with Crippen molar-refractivity contribution in [3.63, 3.8) is 0 Å². The highest BCUT2D eigenvalue weighted by Crippen LogP contribution is 2.32. The van der Waals surface area contributed by atoms with Crippen molar-refractivity contribution < 1.29 is 10.3 Å². The largest absolute Gasteiger partial charge is 0.506 e. The van der Waals surface area contributed by atoms with Crippen molar-refractivity contribution in [3.8, 4) is 5.75 Å². The molecule has 0 saturated carbocycles. The minimum absolute atomic E-state index is 0.0863. The van der Waals surface area contributed by atoms with E-state index in [2.05, 4.69) is 12.1 Å². The van der Waals surface area contributed by atoms with Crippen molar-refractivity contribution >= 4 is 28.9 Å². The van der Waals surface area contributed by atoms with Gasteiger partial charge in [-0.1, -0.05) is 73.8 Å². The van der Waals surface area contributed by atoms with Crippen LogP contribution in [-0.2, 0) is 0 Å². The molecule has 0 aliphatic rings. The Morgan fingerprint density at radius 3 is 2.29 bits per heavy atom. The summed E-state index contributed by atoms with van der Waals surface area (Å²) in [6.45, 7) is 2.20. The molecule has 118 valence electrons. The first-order valence-electron chi connectivity index (χ1n) is 7.49. The molecule has 1 rings (SSSR count). The summed E-state index contributed by atoms with van der Waals surface area (Å²) in [5.41, 5.74) is 0.825. The number of aromatic hydroxyl groups is 1. The quantitative estimate of drug-likeness (QED) is 0.251. The van der Waals surface area contributed by atoms with Crippen LogP contribution in [0.3, 0.4) is 0 Å². The lowest BCUT2D eigenvalue weighted by Gasteiger charge is -2.09. The van der Waals surface area contributed by atoms with Gasteiger partial charge < -0.3 is 10.3 Å². The number of rotatable bonds is 9. The normalized spacial score (nSPS) is 11.9. The number of hydrogen-bond donors (Lipinski definition) is 2. The molecule has 2 N–H and O–H groups in total. The van der Waals surface area contributed by atoms with Gasteiger partial charge in [-0.3, -0.25) is 0 Å². The van der Waals surface area contributed by atoms with E-state index in [1.54, 1.807) is 6.07 Å². The molecule has 1 aromatic carbocycles. The number of halogens is 2. The Morgan fingerprint density at radius 1 is 1.05 bits per heavy atom. The van der Waals surface area contributed by atoms with Crippen LogP contribution in [0.5, 0.6) is 5.75 Å². The maximum absolute atomic E-state index is 9.94. The van der Waals surface area contributed by atoms with Gasteiger partial charge in [0.05, 0.1) is 10.7 Å². The highest BCUT2D eigenvalue weighted by molar-refractivity contribution is 6.36. The van der Waals surface area contributed by atoms with Crippen molar-refractivity contribution in [2.24, 2.45) is 5.16 Å². The molecule has 0 fully saturated rings. The summed E-state index contributed by atoms with van der Waals surface area (Å²) in [4.78, 5) is 0. The third-order valence-electron chi connectivity index (χ3n) is 3.48. The Hall–Kier alpha value is -0.930. The van der Waals surface area contributed by atoms with Crippen LogP contribution in [0.4, 0.5) is 0 Å². The molecule has 5 heteroatoms. The maximum atomic E-state index is 9.94. The number of nitrogens with zero attached hydrogens (tertiary/aromatic N) is 1. The number of benzene rings is 1. The molecule has 3 nitrogen and oxygen atoms in total. The standard InChI is InChI=1S/C16H23Cl2NO2/c1-2-3-4-5-6-7-8-9-15(19-21)13-10-12(17)11-14(18)16(13)20/h10-11,20-21H,2-9H2,1H3. The predicted octanol–water partition coefficient (Wildman–Crippen LogP) is 6.02. The van der Waals surface area contributed by atoms with Crippen LogP contribution in [0, 0.1) is 0 Å². The van der Waals surface area contributed by atoms with Crippen LogP contribution >= 0.6 is 23.2 Å². The summed E-state index contributed by atoms with van der Waals surface area (Å²) in [6, 6.07) is 3.03. The van der Waals surface area contributed by atoms with Gasteiger partial charge in [0.15, 0.2) is 0 Å². The third-order valence-corrected chi connectivity index (χ3v) is 3.98. The van der Waals surface area contributed by atoms with Gasteiger partial charge in [-0.2, -0.15) is 0 Å². The van der Waals surface area contributed by atoms with Crippen LogP contribution < -0.4 is 0 Å². The summed E-state index contributed by atoms with van der Waals surface area (Å²) >= 11 is 11.8. The molecule has 0 radical (unpaired) electrons. The van der Waals surface area contributed by atoms with E-state index in [0.717, 1.165) is 12.8 Å². The first-order chi connectivity index (χ1) is 10.1. The van der Waals surface area contributed by atoms with E-state index in [4.69, 9.17) is 28.4 Å². The zero-order chi connectivity index (χ0) is 15.7. The minimum atomic E-state index is -0.0863. The fourth-order valence-corrected chi connectivity index (χ4v) is 2.77. The Labute approximate surface area is 136 Å². The van der Waals surface area contributed by atoms with E-state index in [0.29, 0.717) is 22.7 Å². The van der Waals surface area contributed by atoms with Crippen LogP contribution in [0.25, 0.3) is 0 Å². The van der Waals surface area contributed by atoms with Crippen LogP contribution in [-0.4, -0.2) is 16.0 Å². The van der Waals surface area contributed by atoms with Crippen molar-refractivity contribution in [2.45, 2.75) is 58.3 Å². The SMILES string of the molecule is CCCCCCCCCC(=NO)c1cc(Cl)cc(Cl)c1O. The maximum Gasteiger partial charge on any atom is 0.143 e. The van der Waals surface area contributed by atoms with E-state index in [-0.39, 0.29) is 10.8 Å². The second-order valence-corrected chi connectivity index (χ2v) is 6.05. The molecule has 1 aromatic rings. The summed E-state index contributed by atoms with van der Waals surface area (Å²) < 4.78 is 0. The van der Waals surface area contributed by atoms with Gasteiger partial charge >= 0.3 is 0 Å². The van der Waals surface area contributed by atoms with Crippen molar-refractivity contribution in [3.05, 3.63) is 27.7 Å². The fraction of sp³-hybridized carbons (Fsp3) is 0.562. The molecule has 0 aromatic heterocycles. The molecule has 21 heavy (non-hydrogen) atoms.